The van der Waals surface area contributed by atoms with Gasteiger partial charge in [-0.3, -0.25) is 4.79 Å². The highest BCUT2D eigenvalue weighted by molar-refractivity contribution is 14.1. The Morgan fingerprint density at radius 1 is 1.58 bits per heavy atom. The van der Waals surface area contributed by atoms with Gasteiger partial charge in [0.05, 0.1) is 9.26 Å². The smallest absolute Gasteiger partial charge is 0.268 e. The Hall–Kier alpha value is -0.660. The standard InChI is InChI=1S/C6H5F2IN2O/c7-5(8)4-2(10)1-3(12)11-6(4)9/h1,5H,(H3,10,11,12). The van der Waals surface area contributed by atoms with Crippen molar-refractivity contribution in [3.8, 4) is 0 Å². The number of nitrogen functional groups attached to an aromatic ring is 1. The quantitative estimate of drug-likeness (QED) is 0.607. The minimum absolute atomic E-state index is 0.0904. The van der Waals surface area contributed by atoms with Crippen molar-refractivity contribution >= 4 is 28.3 Å². The molecule has 1 rings (SSSR count). The Morgan fingerprint density at radius 3 is 2.58 bits per heavy atom. The number of nitrogens with one attached hydrogen (secondary N) is 1. The molecule has 0 aliphatic heterocycles. The Kier molecular flexibility index (Phi) is 2.65. The third-order valence-corrected chi connectivity index (χ3v) is 2.14. The van der Waals surface area contributed by atoms with Crippen molar-refractivity contribution in [1.82, 2.24) is 4.98 Å². The van der Waals surface area contributed by atoms with Crippen LogP contribution in [-0.2, 0) is 0 Å². The van der Waals surface area contributed by atoms with Gasteiger partial charge in [0, 0.05) is 11.8 Å². The van der Waals surface area contributed by atoms with E-state index in [0.717, 1.165) is 6.07 Å². The van der Waals surface area contributed by atoms with Gasteiger partial charge >= 0.3 is 0 Å². The normalized spacial score (nSPS) is 10.7. The molecule has 0 bridgehead atoms. The van der Waals surface area contributed by atoms with Crippen molar-refractivity contribution in [3.63, 3.8) is 0 Å². The maximum absolute atomic E-state index is 12.2. The lowest BCUT2D eigenvalue weighted by Crippen LogP contribution is -2.11. The first-order valence-corrected chi connectivity index (χ1v) is 4.06. The molecule has 1 heterocycles. The van der Waals surface area contributed by atoms with Crippen LogP contribution in [0.5, 0.6) is 0 Å². The number of halogens is 3. The number of hydrogen-bond acceptors (Lipinski definition) is 2. The second-order valence-corrected chi connectivity index (χ2v) is 3.20. The van der Waals surface area contributed by atoms with Crippen LogP contribution >= 0.6 is 22.6 Å². The fourth-order valence-electron chi connectivity index (χ4n) is 0.779. The number of hydrogen-bond donors (Lipinski definition) is 2. The van der Waals surface area contributed by atoms with Crippen LogP contribution in [0.15, 0.2) is 10.9 Å². The molecule has 0 spiro atoms. The molecule has 0 saturated carbocycles. The van der Waals surface area contributed by atoms with Gasteiger partial charge in [0.2, 0.25) is 0 Å². The summed E-state index contributed by atoms with van der Waals surface area (Å²) < 4.78 is 24.5. The summed E-state index contributed by atoms with van der Waals surface area (Å²) >= 11 is 1.61. The zero-order chi connectivity index (χ0) is 9.30. The third kappa shape index (κ3) is 1.74. The molecular formula is C6H5F2IN2O. The van der Waals surface area contributed by atoms with Gasteiger partial charge in [-0.2, -0.15) is 0 Å². The van der Waals surface area contributed by atoms with Gasteiger partial charge in [-0.15, -0.1) is 0 Å². The first kappa shape index (κ1) is 9.43. The molecule has 0 aliphatic rings. The molecule has 0 aliphatic carbocycles. The molecule has 0 aromatic carbocycles. The molecule has 3 N–H and O–H groups in total. The first-order valence-electron chi connectivity index (χ1n) is 2.98. The Balaban J connectivity index is 3.38. The number of anilines is 1. The van der Waals surface area contributed by atoms with E-state index in [0.29, 0.717) is 0 Å². The lowest BCUT2D eigenvalue weighted by atomic mass is 10.2. The van der Waals surface area contributed by atoms with E-state index in [4.69, 9.17) is 5.73 Å². The van der Waals surface area contributed by atoms with Crippen molar-refractivity contribution in [2.24, 2.45) is 0 Å². The molecule has 0 atom stereocenters. The van der Waals surface area contributed by atoms with E-state index in [1.54, 1.807) is 22.6 Å². The highest BCUT2D eigenvalue weighted by atomic mass is 127. The fraction of sp³-hybridized carbons (Fsp3) is 0.167. The number of alkyl halides is 2. The first-order chi connectivity index (χ1) is 5.52. The van der Waals surface area contributed by atoms with Crippen molar-refractivity contribution in [3.05, 3.63) is 25.7 Å². The molecule has 3 nitrogen and oxygen atoms in total. The highest BCUT2D eigenvalue weighted by Gasteiger charge is 2.15. The van der Waals surface area contributed by atoms with Gasteiger partial charge < -0.3 is 10.7 Å². The van der Waals surface area contributed by atoms with Gasteiger partial charge in [0.1, 0.15) is 0 Å². The number of H-pyrrole nitrogens is 1. The minimum atomic E-state index is -2.66. The number of rotatable bonds is 1. The number of nitrogens with two attached hydrogens (primary N) is 1. The van der Waals surface area contributed by atoms with E-state index in [2.05, 4.69) is 4.98 Å². The van der Waals surface area contributed by atoms with E-state index < -0.39 is 12.0 Å². The summed E-state index contributed by atoms with van der Waals surface area (Å²) in [5, 5.41) is 0. The fourth-order valence-corrected chi connectivity index (χ4v) is 1.59. The van der Waals surface area contributed by atoms with Crippen LogP contribution in [0.3, 0.4) is 0 Å². The molecule has 0 amide bonds. The van der Waals surface area contributed by atoms with Crippen molar-refractivity contribution in [1.29, 1.82) is 0 Å². The highest BCUT2D eigenvalue weighted by Crippen LogP contribution is 2.26. The van der Waals surface area contributed by atoms with Gasteiger partial charge in [-0.25, -0.2) is 8.78 Å². The summed E-state index contributed by atoms with van der Waals surface area (Å²) in [6, 6.07) is 0.948. The molecule has 1 aromatic rings. The number of pyridine rings is 1. The summed E-state index contributed by atoms with van der Waals surface area (Å²) in [4.78, 5) is 12.9. The molecular weight excluding hydrogens is 281 g/mol. The topological polar surface area (TPSA) is 58.9 Å². The van der Waals surface area contributed by atoms with Crippen molar-refractivity contribution in [2.45, 2.75) is 6.43 Å². The molecule has 12 heavy (non-hydrogen) atoms. The number of aromatic amines is 1. The van der Waals surface area contributed by atoms with Gasteiger partial charge in [-0.1, -0.05) is 0 Å². The molecule has 66 valence electrons. The zero-order valence-electron chi connectivity index (χ0n) is 5.77. The van der Waals surface area contributed by atoms with Gasteiger partial charge in [0.25, 0.3) is 12.0 Å². The zero-order valence-corrected chi connectivity index (χ0v) is 7.93. The van der Waals surface area contributed by atoms with Gasteiger partial charge in [-0.05, 0) is 22.6 Å². The average molecular weight is 286 g/mol. The Bertz CT molecular complexity index is 324. The molecule has 1 aromatic heterocycles. The van der Waals surface area contributed by atoms with Crippen LogP contribution in [0.1, 0.15) is 12.0 Å². The monoisotopic (exact) mass is 286 g/mol. The van der Waals surface area contributed by atoms with Crippen LogP contribution in [0, 0.1) is 3.70 Å². The predicted octanol–water partition coefficient (Wildman–Crippen LogP) is 1.50. The maximum Gasteiger partial charge on any atom is 0.268 e. The summed E-state index contributed by atoms with van der Waals surface area (Å²) in [5.41, 5.74) is 4.27. The molecule has 6 heteroatoms. The Morgan fingerprint density at radius 2 is 2.17 bits per heavy atom. The summed E-state index contributed by atoms with van der Waals surface area (Å²) in [5.74, 6) is 0. The third-order valence-electron chi connectivity index (χ3n) is 1.29. The van der Waals surface area contributed by atoms with Crippen molar-refractivity contribution < 1.29 is 8.78 Å². The predicted molar refractivity (Wildman–Crippen MR) is 49.1 cm³/mol. The van der Waals surface area contributed by atoms with Crippen LogP contribution in [0.2, 0.25) is 0 Å². The van der Waals surface area contributed by atoms with E-state index in [1.165, 1.54) is 0 Å². The summed E-state index contributed by atoms with van der Waals surface area (Å²) in [6.45, 7) is 0. The van der Waals surface area contributed by atoms with Crippen LogP contribution in [-0.4, -0.2) is 4.98 Å². The van der Waals surface area contributed by atoms with E-state index in [-0.39, 0.29) is 15.0 Å². The SMILES string of the molecule is Nc1cc(=O)[nH]c(I)c1C(F)F. The number of aromatic nitrogens is 1. The summed E-state index contributed by atoms with van der Waals surface area (Å²) in [6.07, 6.45) is -2.66. The molecule has 0 saturated heterocycles. The second kappa shape index (κ2) is 3.38. The lowest BCUT2D eigenvalue weighted by molar-refractivity contribution is 0.150. The average Bonchev–Trinajstić information content (AvgIpc) is 1.82. The Labute approximate surface area is 80.1 Å². The van der Waals surface area contributed by atoms with Crippen LogP contribution in [0.4, 0.5) is 14.5 Å². The molecule has 0 unspecified atom stereocenters. The molecule has 0 radical (unpaired) electrons. The van der Waals surface area contributed by atoms with E-state index >= 15 is 0 Å². The molecule has 0 fully saturated rings. The van der Waals surface area contributed by atoms with Gasteiger partial charge in [0.15, 0.2) is 0 Å². The largest absolute Gasteiger partial charge is 0.398 e. The minimum Gasteiger partial charge on any atom is -0.398 e. The van der Waals surface area contributed by atoms with Crippen molar-refractivity contribution in [2.75, 3.05) is 5.73 Å². The lowest BCUT2D eigenvalue weighted by Gasteiger charge is -2.05. The van der Waals surface area contributed by atoms with Crippen LogP contribution < -0.4 is 11.3 Å². The van der Waals surface area contributed by atoms with Crippen LogP contribution in [0.25, 0.3) is 0 Å². The summed E-state index contributed by atoms with van der Waals surface area (Å²) in [7, 11) is 0. The maximum atomic E-state index is 12.2. The van der Waals surface area contributed by atoms with E-state index in [1.807, 2.05) is 0 Å². The second-order valence-electron chi connectivity index (χ2n) is 2.12. The van der Waals surface area contributed by atoms with E-state index in [9.17, 15) is 13.6 Å².